The minimum Gasteiger partial charge on any atom is -0.359 e. The highest BCUT2D eigenvalue weighted by Crippen LogP contribution is 2.46. The maximum Gasteiger partial charge on any atom is 0.323 e. The molecule has 1 saturated heterocycles. The Bertz CT molecular complexity index is 831. The first kappa shape index (κ1) is 15.9. The molecule has 0 saturated carbocycles. The third-order valence-corrected chi connectivity index (χ3v) is 5.45. The second-order valence-electron chi connectivity index (χ2n) is 6.75. The fourth-order valence-electron chi connectivity index (χ4n) is 3.91. The summed E-state index contributed by atoms with van der Waals surface area (Å²) in [4.78, 5) is 19.1. The molecule has 6 heteroatoms. The molecular weight excluding hydrogens is 316 g/mol. The van der Waals surface area contributed by atoms with Gasteiger partial charge in [0.25, 0.3) is 0 Å². The predicted octanol–water partition coefficient (Wildman–Crippen LogP) is 3.91. The zero-order valence-electron chi connectivity index (χ0n) is 14.6. The first-order valence-corrected chi connectivity index (χ1v) is 8.79. The van der Waals surface area contributed by atoms with Gasteiger partial charge in [0.2, 0.25) is 0 Å². The van der Waals surface area contributed by atoms with Gasteiger partial charge in [0.15, 0.2) is 5.82 Å². The van der Waals surface area contributed by atoms with E-state index in [2.05, 4.69) is 35.6 Å². The van der Waals surface area contributed by atoms with Gasteiger partial charge in [-0.25, -0.2) is 4.79 Å². The number of fused-ring (bicyclic) bond motifs is 2. The lowest BCUT2D eigenvalue weighted by atomic mass is 9.71. The van der Waals surface area contributed by atoms with Crippen LogP contribution in [0.2, 0.25) is 0 Å². The Morgan fingerprint density at radius 1 is 1.32 bits per heavy atom. The highest BCUT2D eigenvalue weighted by molar-refractivity contribution is 6.00. The van der Waals surface area contributed by atoms with Gasteiger partial charge in [-0.3, -0.25) is 10.3 Å². The number of nitrogens with zero attached hydrogens (tertiary/aromatic N) is 3. The van der Waals surface area contributed by atoms with Gasteiger partial charge in [-0.1, -0.05) is 30.3 Å². The van der Waals surface area contributed by atoms with Crippen LogP contribution in [0.3, 0.4) is 0 Å². The molecule has 4 rings (SSSR count). The smallest absolute Gasteiger partial charge is 0.323 e. The Labute approximate surface area is 146 Å². The molecule has 1 fully saturated rings. The van der Waals surface area contributed by atoms with Crippen molar-refractivity contribution < 1.29 is 9.32 Å². The number of amides is 2. The number of carbonyl (C=O) groups is 1. The Morgan fingerprint density at radius 3 is 2.80 bits per heavy atom. The highest BCUT2D eigenvalue weighted by Gasteiger charge is 2.44. The van der Waals surface area contributed by atoms with Crippen LogP contribution in [0.1, 0.15) is 38.0 Å². The standard InChI is InChI=1S/C19H22N4O2/c1-3-14-12-17(22-25-14)21-18(24)23-10-8-19(9-11-23)13(2)20-16-7-5-4-6-15(16)19/h4-7,12H,3,8-11H2,1-2H3,(H,21,22,24). The van der Waals surface area contributed by atoms with Gasteiger partial charge in [-0.2, -0.15) is 0 Å². The van der Waals surface area contributed by atoms with E-state index in [1.165, 1.54) is 5.56 Å². The number of nitrogens with one attached hydrogen (secondary N) is 1. The molecule has 0 aliphatic carbocycles. The van der Waals surface area contributed by atoms with Crippen LogP contribution in [-0.4, -0.2) is 34.9 Å². The Hall–Kier alpha value is -2.63. The minimum atomic E-state index is -0.119. The molecule has 25 heavy (non-hydrogen) atoms. The van der Waals surface area contributed by atoms with E-state index < -0.39 is 0 Å². The van der Waals surface area contributed by atoms with Crippen molar-refractivity contribution in [2.45, 2.75) is 38.5 Å². The van der Waals surface area contributed by atoms with Gasteiger partial charge >= 0.3 is 6.03 Å². The summed E-state index contributed by atoms with van der Waals surface area (Å²) >= 11 is 0. The number of anilines is 1. The maximum atomic E-state index is 12.5. The fraction of sp³-hybridized carbons (Fsp3) is 0.421. The van der Waals surface area contributed by atoms with Gasteiger partial charge in [0, 0.05) is 36.7 Å². The van der Waals surface area contributed by atoms with E-state index in [0.29, 0.717) is 18.9 Å². The third-order valence-electron chi connectivity index (χ3n) is 5.45. The fourth-order valence-corrected chi connectivity index (χ4v) is 3.91. The molecule has 1 spiro atoms. The average Bonchev–Trinajstić information content (AvgIpc) is 3.19. The van der Waals surface area contributed by atoms with Crippen LogP contribution >= 0.6 is 0 Å². The van der Waals surface area contributed by atoms with Crippen molar-refractivity contribution in [1.82, 2.24) is 10.1 Å². The quantitative estimate of drug-likeness (QED) is 0.902. The van der Waals surface area contributed by atoms with Crippen LogP contribution < -0.4 is 5.32 Å². The number of piperidine rings is 1. The number of urea groups is 1. The van der Waals surface area contributed by atoms with Crippen molar-refractivity contribution in [2.75, 3.05) is 18.4 Å². The van der Waals surface area contributed by atoms with Crippen LogP contribution in [-0.2, 0) is 11.8 Å². The molecule has 3 heterocycles. The molecule has 0 bridgehead atoms. The molecule has 2 aliphatic heterocycles. The van der Waals surface area contributed by atoms with Crippen molar-refractivity contribution >= 4 is 23.2 Å². The summed E-state index contributed by atoms with van der Waals surface area (Å²) < 4.78 is 5.13. The van der Waals surface area contributed by atoms with E-state index in [-0.39, 0.29) is 11.4 Å². The molecule has 130 valence electrons. The van der Waals surface area contributed by atoms with E-state index in [1.807, 2.05) is 17.9 Å². The molecule has 1 N–H and O–H groups in total. The molecular formula is C19H22N4O2. The van der Waals surface area contributed by atoms with E-state index in [0.717, 1.165) is 36.4 Å². The maximum absolute atomic E-state index is 12.5. The van der Waals surface area contributed by atoms with Crippen molar-refractivity contribution in [2.24, 2.45) is 4.99 Å². The van der Waals surface area contributed by atoms with E-state index in [4.69, 9.17) is 9.52 Å². The molecule has 0 radical (unpaired) electrons. The zero-order chi connectivity index (χ0) is 17.4. The lowest BCUT2D eigenvalue weighted by Gasteiger charge is -2.40. The second kappa shape index (κ2) is 6.02. The molecule has 1 aromatic carbocycles. The summed E-state index contributed by atoms with van der Waals surface area (Å²) in [5.41, 5.74) is 3.53. The summed E-state index contributed by atoms with van der Waals surface area (Å²) in [5.74, 6) is 1.24. The minimum absolute atomic E-state index is 0.0172. The summed E-state index contributed by atoms with van der Waals surface area (Å²) in [7, 11) is 0. The van der Waals surface area contributed by atoms with Crippen LogP contribution in [0.15, 0.2) is 39.8 Å². The van der Waals surface area contributed by atoms with Crippen LogP contribution in [0.4, 0.5) is 16.3 Å². The number of para-hydroxylation sites is 1. The lowest BCUT2D eigenvalue weighted by molar-refractivity contribution is 0.186. The number of likely N-dealkylation sites (tertiary alicyclic amines) is 1. The number of aliphatic imine (C=N–C) groups is 1. The Morgan fingerprint density at radius 2 is 2.08 bits per heavy atom. The van der Waals surface area contributed by atoms with Gasteiger partial charge in [-0.05, 0) is 31.4 Å². The van der Waals surface area contributed by atoms with Crippen molar-refractivity contribution in [3.8, 4) is 0 Å². The van der Waals surface area contributed by atoms with Crippen LogP contribution in [0.25, 0.3) is 0 Å². The number of hydrogen-bond acceptors (Lipinski definition) is 4. The lowest BCUT2D eigenvalue weighted by Crippen LogP contribution is -2.48. The largest absolute Gasteiger partial charge is 0.359 e. The average molecular weight is 338 g/mol. The number of rotatable bonds is 2. The Kier molecular flexibility index (Phi) is 3.82. The first-order chi connectivity index (χ1) is 12.1. The zero-order valence-corrected chi connectivity index (χ0v) is 14.6. The second-order valence-corrected chi connectivity index (χ2v) is 6.75. The van der Waals surface area contributed by atoms with Gasteiger partial charge < -0.3 is 9.42 Å². The number of aromatic nitrogens is 1. The number of aryl methyl sites for hydroxylation is 1. The highest BCUT2D eigenvalue weighted by atomic mass is 16.5. The molecule has 0 unspecified atom stereocenters. The van der Waals surface area contributed by atoms with E-state index >= 15 is 0 Å². The number of benzene rings is 1. The monoisotopic (exact) mass is 338 g/mol. The van der Waals surface area contributed by atoms with E-state index in [1.54, 1.807) is 6.07 Å². The van der Waals surface area contributed by atoms with E-state index in [9.17, 15) is 4.79 Å². The van der Waals surface area contributed by atoms with Crippen LogP contribution in [0, 0.1) is 0 Å². The SMILES string of the molecule is CCc1cc(NC(=O)N2CCC3(CC2)C(C)=Nc2ccccc23)no1. The number of hydrogen-bond donors (Lipinski definition) is 1. The predicted molar refractivity (Wildman–Crippen MR) is 96.6 cm³/mol. The summed E-state index contributed by atoms with van der Waals surface area (Å²) in [6.07, 6.45) is 2.55. The van der Waals surface area contributed by atoms with Crippen LogP contribution in [0.5, 0.6) is 0 Å². The molecule has 2 amide bonds. The number of carbonyl (C=O) groups excluding carboxylic acids is 1. The van der Waals surface area contributed by atoms with Gasteiger partial charge in [-0.15, -0.1) is 0 Å². The molecule has 0 atom stereocenters. The Balaban J connectivity index is 1.45. The van der Waals surface area contributed by atoms with Crippen molar-refractivity contribution in [3.63, 3.8) is 0 Å². The van der Waals surface area contributed by atoms with Crippen molar-refractivity contribution in [1.29, 1.82) is 0 Å². The van der Waals surface area contributed by atoms with Gasteiger partial charge in [0.05, 0.1) is 5.69 Å². The molecule has 6 nitrogen and oxygen atoms in total. The van der Waals surface area contributed by atoms with Gasteiger partial charge in [0.1, 0.15) is 5.76 Å². The third kappa shape index (κ3) is 2.62. The van der Waals surface area contributed by atoms with Crippen molar-refractivity contribution in [3.05, 3.63) is 41.7 Å². The summed E-state index contributed by atoms with van der Waals surface area (Å²) in [6.45, 7) is 5.49. The topological polar surface area (TPSA) is 70.7 Å². The molecule has 1 aromatic heterocycles. The summed E-state index contributed by atoms with van der Waals surface area (Å²) in [6, 6.07) is 10.00. The molecule has 2 aliphatic rings. The first-order valence-electron chi connectivity index (χ1n) is 8.79. The normalized spacial score (nSPS) is 18.2. The molecule has 2 aromatic rings. The summed E-state index contributed by atoms with van der Waals surface area (Å²) in [5, 5.41) is 6.71.